The van der Waals surface area contributed by atoms with Gasteiger partial charge in [-0.1, -0.05) is 18.2 Å². The van der Waals surface area contributed by atoms with Gasteiger partial charge >= 0.3 is 0 Å². The summed E-state index contributed by atoms with van der Waals surface area (Å²) in [4.78, 5) is 10.4. The normalized spacial score (nSPS) is 13.8. The van der Waals surface area contributed by atoms with E-state index in [0.717, 1.165) is 42.2 Å². The Hall–Kier alpha value is -2.74. The van der Waals surface area contributed by atoms with E-state index in [0.29, 0.717) is 11.1 Å². The van der Waals surface area contributed by atoms with E-state index in [2.05, 4.69) is 10.2 Å². The number of nitrogens with zero attached hydrogens (tertiary/aromatic N) is 4. The lowest BCUT2D eigenvalue weighted by molar-refractivity contribution is -0.385. The highest BCUT2D eigenvalue weighted by Gasteiger charge is 2.31. The summed E-state index contributed by atoms with van der Waals surface area (Å²) in [6.07, 6.45) is 2.14. The van der Waals surface area contributed by atoms with Crippen LogP contribution in [0.15, 0.2) is 58.6 Å². The first kappa shape index (κ1) is 15.8. The van der Waals surface area contributed by atoms with Crippen molar-refractivity contribution in [2.75, 3.05) is 0 Å². The SMILES string of the molecule is O=[N+]([O-])c1ccc(Sc2nnc(C3CC3)n2-c2ccccc2)c(F)c1. The Bertz CT molecular complexity index is 941. The maximum absolute atomic E-state index is 14.2. The minimum Gasteiger partial charge on any atom is -0.274 e. The second-order valence-corrected chi connectivity index (χ2v) is 6.77. The van der Waals surface area contributed by atoms with E-state index in [1.165, 1.54) is 12.1 Å². The number of rotatable bonds is 5. The molecule has 0 aliphatic heterocycles. The van der Waals surface area contributed by atoms with Crippen LogP contribution in [0, 0.1) is 15.9 Å². The van der Waals surface area contributed by atoms with Crippen LogP contribution in [0.25, 0.3) is 5.69 Å². The zero-order valence-electron chi connectivity index (χ0n) is 13.0. The Morgan fingerprint density at radius 1 is 1.16 bits per heavy atom. The Kier molecular flexibility index (Phi) is 3.96. The second kappa shape index (κ2) is 6.29. The van der Waals surface area contributed by atoms with Crippen molar-refractivity contribution in [3.05, 3.63) is 70.3 Å². The van der Waals surface area contributed by atoms with Crippen molar-refractivity contribution in [3.63, 3.8) is 0 Å². The van der Waals surface area contributed by atoms with E-state index in [9.17, 15) is 14.5 Å². The molecular weight excluding hydrogens is 343 g/mol. The molecule has 1 aliphatic carbocycles. The highest BCUT2D eigenvalue weighted by Crippen LogP contribution is 2.42. The summed E-state index contributed by atoms with van der Waals surface area (Å²) in [5.74, 6) is 0.606. The fraction of sp³-hybridized carbons (Fsp3) is 0.176. The first-order chi connectivity index (χ1) is 12.1. The molecule has 0 spiro atoms. The highest BCUT2D eigenvalue weighted by molar-refractivity contribution is 7.99. The number of hydrogen-bond acceptors (Lipinski definition) is 5. The molecular formula is C17H13FN4O2S. The van der Waals surface area contributed by atoms with Crippen molar-refractivity contribution in [1.82, 2.24) is 14.8 Å². The van der Waals surface area contributed by atoms with E-state index in [1.54, 1.807) is 0 Å². The zero-order valence-corrected chi connectivity index (χ0v) is 13.8. The summed E-state index contributed by atoms with van der Waals surface area (Å²) in [7, 11) is 0. The van der Waals surface area contributed by atoms with E-state index < -0.39 is 10.7 Å². The summed E-state index contributed by atoms with van der Waals surface area (Å²) in [5.41, 5.74) is 0.643. The van der Waals surface area contributed by atoms with Crippen LogP contribution in [0.5, 0.6) is 0 Å². The molecule has 2 aromatic carbocycles. The molecule has 0 unspecified atom stereocenters. The third-order valence-electron chi connectivity index (χ3n) is 3.94. The first-order valence-electron chi connectivity index (χ1n) is 7.76. The number of non-ortho nitro benzene ring substituents is 1. The standard InChI is InChI=1S/C17H13FN4O2S/c18-14-10-13(22(23)24)8-9-15(14)25-17-20-19-16(11-6-7-11)21(17)12-4-2-1-3-5-12/h1-5,8-11H,6-7H2. The van der Waals surface area contributed by atoms with Crippen LogP contribution in [-0.4, -0.2) is 19.7 Å². The molecule has 1 aliphatic rings. The van der Waals surface area contributed by atoms with E-state index in [-0.39, 0.29) is 10.6 Å². The minimum atomic E-state index is -0.644. The molecule has 4 rings (SSSR count). The molecule has 0 amide bonds. The molecule has 25 heavy (non-hydrogen) atoms. The topological polar surface area (TPSA) is 73.8 Å². The Labute approximate surface area is 146 Å². The smallest absolute Gasteiger partial charge is 0.272 e. The number of nitro groups is 1. The van der Waals surface area contributed by atoms with Gasteiger partial charge in [0.2, 0.25) is 5.16 Å². The third-order valence-corrected chi connectivity index (χ3v) is 4.94. The number of benzene rings is 2. The zero-order chi connectivity index (χ0) is 17.4. The van der Waals surface area contributed by atoms with Gasteiger partial charge in [0, 0.05) is 17.7 Å². The van der Waals surface area contributed by atoms with Gasteiger partial charge in [0.1, 0.15) is 11.6 Å². The number of halogens is 1. The van der Waals surface area contributed by atoms with Crippen molar-refractivity contribution in [2.45, 2.75) is 28.8 Å². The number of para-hydroxylation sites is 1. The van der Waals surface area contributed by atoms with Crippen molar-refractivity contribution in [1.29, 1.82) is 0 Å². The number of hydrogen-bond donors (Lipinski definition) is 0. The fourth-order valence-electron chi connectivity index (χ4n) is 2.56. The van der Waals surface area contributed by atoms with Crippen LogP contribution >= 0.6 is 11.8 Å². The van der Waals surface area contributed by atoms with Crippen molar-refractivity contribution < 1.29 is 9.31 Å². The quantitative estimate of drug-likeness (QED) is 0.502. The molecule has 1 fully saturated rings. The van der Waals surface area contributed by atoms with Crippen LogP contribution in [0.3, 0.4) is 0 Å². The number of nitro benzene ring substituents is 1. The molecule has 8 heteroatoms. The van der Waals surface area contributed by atoms with Crippen LogP contribution in [0.4, 0.5) is 10.1 Å². The lowest BCUT2D eigenvalue weighted by Crippen LogP contribution is -2.01. The van der Waals surface area contributed by atoms with E-state index >= 15 is 0 Å². The molecule has 1 heterocycles. The van der Waals surface area contributed by atoms with E-state index in [4.69, 9.17) is 0 Å². The minimum absolute atomic E-state index is 0.273. The van der Waals surface area contributed by atoms with Gasteiger partial charge in [-0.05, 0) is 42.8 Å². The van der Waals surface area contributed by atoms with Crippen LogP contribution < -0.4 is 0 Å². The largest absolute Gasteiger partial charge is 0.274 e. The summed E-state index contributed by atoms with van der Waals surface area (Å²) in [6.45, 7) is 0. The third kappa shape index (κ3) is 3.12. The summed E-state index contributed by atoms with van der Waals surface area (Å²) in [5, 5.41) is 19.8. The molecule has 0 atom stereocenters. The fourth-order valence-corrected chi connectivity index (χ4v) is 3.42. The summed E-state index contributed by atoms with van der Waals surface area (Å²) >= 11 is 1.11. The predicted octanol–water partition coefficient (Wildman–Crippen LogP) is 4.34. The van der Waals surface area contributed by atoms with Crippen LogP contribution in [0.1, 0.15) is 24.6 Å². The molecule has 1 saturated carbocycles. The predicted molar refractivity (Wildman–Crippen MR) is 90.5 cm³/mol. The highest BCUT2D eigenvalue weighted by atomic mass is 32.2. The van der Waals surface area contributed by atoms with Gasteiger partial charge in [-0.25, -0.2) is 4.39 Å². The van der Waals surface area contributed by atoms with Gasteiger partial charge in [-0.15, -0.1) is 10.2 Å². The maximum atomic E-state index is 14.2. The summed E-state index contributed by atoms with van der Waals surface area (Å²) in [6, 6.07) is 13.3. The van der Waals surface area contributed by atoms with Gasteiger partial charge in [0.25, 0.3) is 5.69 Å². The van der Waals surface area contributed by atoms with Crippen LogP contribution in [-0.2, 0) is 0 Å². The van der Waals surface area contributed by atoms with Gasteiger partial charge < -0.3 is 0 Å². The Morgan fingerprint density at radius 2 is 1.92 bits per heavy atom. The average molecular weight is 356 g/mol. The number of aromatic nitrogens is 3. The molecule has 0 radical (unpaired) electrons. The molecule has 3 aromatic rings. The Balaban J connectivity index is 1.73. The molecule has 126 valence electrons. The molecule has 0 saturated heterocycles. The average Bonchev–Trinajstić information content (AvgIpc) is 3.38. The van der Waals surface area contributed by atoms with E-state index in [1.807, 2.05) is 34.9 Å². The molecule has 0 bridgehead atoms. The van der Waals surface area contributed by atoms with Gasteiger partial charge in [0.15, 0.2) is 0 Å². The van der Waals surface area contributed by atoms with Gasteiger partial charge in [-0.2, -0.15) is 0 Å². The second-order valence-electron chi connectivity index (χ2n) is 5.76. The van der Waals surface area contributed by atoms with Gasteiger partial charge in [-0.3, -0.25) is 14.7 Å². The lowest BCUT2D eigenvalue weighted by Gasteiger charge is -2.10. The summed E-state index contributed by atoms with van der Waals surface area (Å²) < 4.78 is 16.2. The molecule has 1 aromatic heterocycles. The van der Waals surface area contributed by atoms with Crippen molar-refractivity contribution in [3.8, 4) is 5.69 Å². The van der Waals surface area contributed by atoms with Gasteiger partial charge in [0.05, 0.1) is 15.9 Å². The maximum Gasteiger partial charge on any atom is 0.272 e. The monoisotopic (exact) mass is 356 g/mol. The molecule has 0 N–H and O–H groups in total. The first-order valence-corrected chi connectivity index (χ1v) is 8.57. The molecule has 6 nitrogen and oxygen atoms in total. The Morgan fingerprint density at radius 3 is 2.56 bits per heavy atom. The van der Waals surface area contributed by atoms with Crippen molar-refractivity contribution in [2.24, 2.45) is 0 Å². The van der Waals surface area contributed by atoms with Crippen LogP contribution in [0.2, 0.25) is 0 Å². The lowest BCUT2D eigenvalue weighted by atomic mass is 10.3. The van der Waals surface area contributed by atoms with Crippen molar-refractivity contribution >= 4 is 17.4 Å².